The molecule has 2 N–H and O–H groups in total. The van der Waals surface area contributed by atoms with E-state index in [1.807, 2.05) is 6.08 Å². The van der Waals surface area contributed by atoms with Crippen LogP contribution in [0, 0.1) is 69.0 Å². The first-order valence-corrected chi connectivity index (χ1v) is 25.3. The number of rotatable bonds is 14. The van der Waals surface area contributed by atoms with Crippen molar-refractivity contribution in [1.29, 1.82) is 0 Å². The van der Waals surface area contributed by atoms with Gasteiger partial charge in [0.15, 0.2) is 11.5 Å². The molecule has 0 bridgehead atoms. The van der Waals surface area contributed by atoms with Crippen LogP contribution in [0.15, 0.2) is 30.3 Å². The van der Waals surface area contributed by atoms with E-state index in [1.165, 1.54) is 94.9 Å². The first-order valence-electron chi connectivity index (χ1n) is 24.5. The average Bonchev–Trinajstić information content (AvgIpc) is 3.57. The maximum Gasteiger partial charge on any atom is 1.00 e. The van der Waals surface area contributed by atoms with E-state index in [0.717, 1.165) is 48.3 Å². The summed E-state index contributed by atoms with van der Waals surface area (Å²) in [4.78, 5) is 51.3. The molecular weight excluding hydrogens is 882 g/mol. The Morgan fingerprint density at radius 1 is 0.727 bits per heavy atom. The molecule has 2 aromatic rings. The van der Waals surface area contributed by atoms with Crippen LogP contribution in [0.1, 0.15) is 198 Å². The fourth-order valence-electron chi connectivity index (χ4n) is 13.0. The molecule has 1 unspecified atom stereocenters. The summed E-state index contributed by atoms with van der Waals surface area (Å²) in [5, 5.41) is 20.6. The average molecular weight is 959 g/mol. The first kappa shape index (κ1) is 54.6. The van der Waals surface area contributed by atoms with Crippen molar-refractivity contribution in [1.82, 2.24) is 0 Å². The van der Waals surface area contributed by atoms with Crippen LogP contribution in [0.2, 0.25) is 10.0 Å². The molecular formula is C55H76Cl2NaO8+. The smallest absolute Gasteiger partial charge is 0.478 e. The van der Waals surface area contributed by atoms with Crippen molar-refractivity contribution in [2.45, 2.75) is 166 Å². The third-order valence-corrected chi connectivity index (χ3v) is 17.2. The fraction of sp³-hybridized carbons (Fsp3) is 0.673. The summed E-state index contributed by atoms with van der Waals surface area (Å²) < 4.78 is 11.2. The van der Waals surface area contributed by atoms with E-state index in [2.05, 4.69) is 34.6 Å². The third-order valence-electron chi connectivity index (χ3n) is 16.7. The Morgan fingerprint density at radius 3 is 1.74 bits per heavy atom. The summed E-state index contributed by atoms with van der Waals surface area (Å²) in [6.07, 6.45) is 19.4. The minimum Gasteiger partial charge on any atom is -0.478 e. The maximum absolute atomic E-state index is 12.9. The second-order valence-electron chi connectivity index (χ2n) is 23.6. The predicted octanol–water partition coefficient (Wildman–Crippen LogP) is 12.2. The number of hydrogen-bond donors (Lipinski definition) is 2. The van der Waals surface area contributed by atoms with Crippen molar-refractivity contribution in [2.24, 2.45) is 69.0 Å². The van der Waals surface area contributed by atoms with E-state index in [-0.39, 0.29) is 62.2 Å². The molecule has 0 aliphatic heterocycles. The van der Waals surface area contributed by atoms with E-state index < -0.39 is 34.7 Å². The topological polar surface area (TPSA) is 127 Å². The monoisotopic (exact) mass is 957 g/mol. The van der Waals surface area contributed by atoms with Gasteiger partial charge in [0.1, 0.15) is 11.1 Å². The molecule has 358 valence electrons. The fourth-order valence-corrected chi connectivity index (χ4v) is 13.5. The van der Waals surface area contributed by atoms with Gasteiger partial charge in [-0.1, -0.05) is 83.2 Å². The zero-order valence-corrected chi connectivity index (χ0v) is 45.5. The maximum atomic E-state index is 12.9. The summed E-state index contributed by atoms with van der Waals surface area (Å²) in [6.45, 7) is 22.5. The number of aromatic carboxylic acids is 2. The number of hydrogen-bond acceptors (Lipinski definition) is 6. The summed E-state index contributed by atoms with van der Waals surface area (Å²) in [7, 11) is 0. The second-order valence-corrected chi connectivity index (χ2v) is 24.4. The molecule has 0 aromatic heterocycles. The van der Waals surface area contributed by atoms with Crippen molar-refractivity contribution in [3.63, 3.8) is 0 Å². The van der Waals surface area contributed by atoms with Crippen molar-refractivity contribution >= 4 is 52.7 Å². The van der Waals surface area contributed by atoms with E-state index in [9.17, 15) is 29.4 Å². The van der Waals surface area contributed by atoms with Gasteiger partial charge >= 0.3 is 53.4 Å². The predicted molar refractivity (Wildman–Crippen MR) is 260 cm³/mol. The van der Waals surface area contributed by atoms with E-state index >= 15 is 0 Å². The van der Waals surface area contributed by atoms with Crippen LogP contribution in [0.4, 0.5) is 0 Å². The molecule has 0 heterocycles. The van der Waals surface area contributed by atoms with Gasteiger partial charge in [0.05, 0.1) is 20.9 Å². The molecule has 4 aliphatic rings. The van der Waals surface area contributed by atoms with Crippen LogP contribution in [-0.4, -0.2) is 34.1 Å². The Balaban J connectivity index is 0.00000817. The minimum atomic E-state index is -1.35. The molecule has 11 heteroatoms. The zero-order chi connectivity index (χ0) is 48.0. The Kier molecular flexibility index (Phi) is 17.6. The molecule has 4 saturated carbocycles. The van der Waals surface area contributed by atoms with E-state index in [1.54, 1.807) is 41.5 Å². The van der Waals surface area contributed by atoms with Gasteiger partial charge in [-0.2, -0.15) is 0 Å². The minimum absolute atomic E-state index is 0. The van der Waals surface area contributed by atoms with Crippen molar-refractivity contribution in [3.8, 4) is 11.5 Å². The Hall–Kier alpha value is -2.36. The quantitative estimate of drug-likeness (QED) is 0.109. The number of allylic oxidation sites excluding steroid dienone is 1. The van der Waals surface area contributed by atoms with Crippen LogP contribution in [-0.2, 0) is 9.59 Å². The van der Waals surface area contributed by atoms with Gasteiger partial charge < -0.3 is 19.7 Å². The Bertz CT molecular complexity index is 2070. The van der Waals surface area contributed by atoms with Gasteiger partial charge in [-0.15, -0.1) is 0 Å². The standard InChI is InChI=1S/C55H76Cl2O8.Na/c1-31(2)14-12-15-32(3)41-20-21-42-38-19-18-36-26-33(22-24-54(36,10)43(38)23-25-55(41,42)11)16-13-17-37(34-27-39(48(58)59)46(44(56)29-34)64-50(62)52(4,5)6)35-28-40(49(60)61)47(45(57)30-35)65-51(63)53(7,8)9;/h17,27-33,36,38,41-43H,12-16,18-26H2,1-11H3,(H,58,59)(H,60,61);/q;+1/t32?,33-,36-,38-,41+,42-,43-,54-,55+;/m0./s1. The van der Waals surface area contributed by atoms with Gasteiger partial charge in [0, 0.05) is 0 Å². The van der Waals surface area contributed by atoms with Crippen molar-refractivity contribution < 1.29 is 68.4 Å². The van der Waals surface area contributed by atoms with Crippen LogP contribution in [0.3, 0.4) is 0 Å². The number of carboxylic acids is 2. The van der Waals surface area contributed by atoms with Crippen LogP contribution in [0.5, 0.6) is 11.5 Å². The van der Waals surface area contributed by atoms with Gasteiger partial charge in [-0.05, 0) is 211 Å². The number of benzene rings is 2. The summed E-state index contributed by atoms with van der Waals surface area (Å²) in [5.74, 6) is 1.59. The van der Waals surface area contributed by atoms with Gasteiger partial charge in [-0.3, -0.25) is 9.59 Å². The summed E-state index contributed by atoms with van der Waals surface area (Å²) in [5.41, 5.74) is -0.379. The van der Waals surface area contributed by atoms with E-state index in [0.29, 0.717) is 45.8 Å². The zero-order valence-electron chi connectivity index (χ0n) is 42.0. The number of esters is 2. The van der Waals surface area contributed by atoms with Gasteiger partial charge in [0.25, 0.3) is 0 Å². The Labute approximate surface area is 427 Å². The third kappa shape index (κ3) is 11.6. The molecule has 8 nitrogen and oxygen atoms in total. The van der Waals surface area contributed by atoms with Crippen molar-refractivity contribution in [2.75, 3.05) is 0 Å². The molecule has 4 aliphatic carbocycles. The largest absolute Gasteiger partial charge is 1.00 e. The molecule has 9 atom stereocenters. The number of carbonyl (C=O) groups is 4. The van der Waals surface area contributed by atoms with Crippen molar-refractivity contribution in [3.05, 3.63) is 62.6 Å². The molecule has 0 radical (unpaired) electrons. The molecule has 0 amide bonds. The molecule has 6 rings (SSSR count). The number of fused-ring (bicyclic) bond motifs is 5. The molecule has 66 heavy (non-hydrogen) atoms. The van der Waals surface area contributed by atoms with Gasteiger partial charge in [0.2, 0.25) is 0 Å². The summed E-state index contributed by atoms with van der Waals surface area (Å²) in [6, 6.07) is 5.86. The number of halogens is 2. The Morgan fingerprint density at radius 2 is 1.24 bits per heavy atom. The number of carboxylic acid groups (broad SMARTS) is 2. The summed E-state index contributed by atoms with van der Waals surface area (Å²) >= 11 is 13.5. The van der Waals surface area contributed by atoms with Crippen LogP contribution >= 0.6 is 23.2 Å². The second kappa shape index (κ2) is 21.3. The van der Waals surface area contributed by atoms with E-state index in [4.69, 9.17) is 32.7 Å². The molecule has 2 aromatic carbocycles. The van der Waals surface area contributed by atoms with Crippen LogP contribution in [0.25, 0.3) is 5.57 Å². The SMILES string of the molecule is CC(C)CCCC(C)[C@H]1CC[C@H]2[C@@H]3CC[C@H]4C[C@@H](CCC=C(c5cc(Cl)c(OC(=O)C(C)(C)C)c(C(=O)O)c5)c5cc(Cl)c(OC(=O)C(C)(C)C)c(C(=O)O)c5)CC[C@]4(C)[C@H]3CC[C@]12C.[Na+]. The van der Waals surface area contributed by atoms with Crippen LogP contribution < -0.4 is 39.0 Å². The number of carbonyl (C=O) groups excluding carboxylic acids is 2. The molecule has 0 saturated heterocycles. The normalized spacial score (nSPS) is 27.7. The number of ether oxygens (including phenoxy) is 2. The molecule has 0 spiro atoms. The molecule has 4 fully saturated rings. The first-order chi connectivity index (χ1) is 30.3. The van der Waals surface area contributed by atoms with Gasteiger partial charge in [-0.25, -0.2) is 9.59 Å².